The second kappa shape index (κ2) is 6.13. The Kier molecular flexibility index (Phi) is 4.24. The van der Waals surface area contributed by atoms with E-state index in [1.54, 1.807) is 0 Å². The number of nitrogens with one attached hydrogen (secondary N) is 2. The molecular weight excluding hydrogens is 264 g/mol. The van der Waals surface area contributed by atoms with Gasteiger partial charge >= 0.3 is 0 Å². The van der Waals surface area contributed by atoms with E-state index in [4.69, 9.17) is 0 Å². The van der Waals surface area contributed by atoms with Crippen LogP contribution in [0.3, 0.4) is 0 Å². The number of benzene rings is 1. The summed E-state index contributed by atoms with van der Waals surface area (Å²) >= 11 is 0. The topological polar surface area (TPSA) is 47.6 Å². The fraction of sp³-hybridized carbons (Fsp3) is 0.562. The highest BCUT2D eigenvalue weighted by molar-refractivity contribution is 5.78. The summed E-state index contributed by atoms with van der Waals surface area (Å²) in [5, 5.41) is 6.68. The van der Waals surface area contributed by atoms with Gasteiger partial charge in [-0.3, -0.25) is 15.0 Å². The Bertz CT molecular complexity index is 511. The van der Waals surface area contributed by atoms with Crippen molar-refractivity contribution in [3.63, 3.8) is 0 Å². The Morgan fingerprint density at radius 3 is 2.57 bits per heavy atom. The molecule has 5 nitrogen and oxygen atoms in total. The number of rotatable bonds is 2. The van der Waals surface area contributed by atoms with Crippen molar-refractivity contribution in [2.75, 3.05) is 33.2 Å². The first kappa shape index (κ1) is 14.5. The van der Waals surface area contributed by atoms with Gasteiger partial charge in [-0.15, -0.1) is 0 Å². The maximum Gasteiger partial charge on any atom is 0.224 e. The molecule has 0 spiro atoms. The Balaban J connectivity index is 1.73. The summed E-state index contributed by atoms with van der Waals surface area (Å²) in [7, 11) is 2.14. The van der Waals surface area contributed by atoms with E-state index in [1.165, 1.54) is 11.1 Å². The molecule has 0 radical (unpaired) electrons. The van der Waals surface area contributed by atoms with Gasteiger partial charge in [0.25, 0.3) is 0 Å². The summed E-state index contributed by atoms with van der Waals surface area (Å²) in [6, 6.07) is 8.41. The highest BCUT2D eigenvalue weighted by atomic mass is 16.2. The first-order valence-electron chi connectivity index (χ1n) is 7.67. The largest absolute Gasteiger partial charge is 0.328 e. The minimum Gasteiger partial charge on any atom is -0.328 e. The number of hydrogen-bond donors (Lipinski definition) is 2. The fourth-order valence-electron chi connectivity index (χ4n) is 3.14. The number of carbonyl (C=O) groups excluding carboxylic acids is 1. The maximum absolute atomic E-state index is 12.1. The third kappa shape index (κ3) is 3.26. The van der Waals surface area contributed by atoms with Crippen molar-refractivity contribution < 1.29 is 4.79 Å². The molecule has 2 atom stereocenters. The number of piperazine rings is 1. The van der Waals surface area contributed by atoms with Gasteiger partial charge in [0.2, 0.25) is 5.91 Å². The van der Waals surface area contributed by atoms with E-state index in [1.807, 2.05) is 12.1 Å². The molecule has 2 aliphatic heterocycles. The van der Waals surface area contributed by atoms with E-state index in [2.05, 4.69) is 46.5 Å². The van der Waals surface area contributed by atoms with Crippen LogP contribution in [0.5, 0.6) is 0 Å². The van der Waals surface area contributed by atoms with Gasteiger partial charge in [-0.05, 0) is 25.1 Å². The van der Waals surface area contributed by atoms with Crippen molar-refractivity contribution in [3.8, 4) is 0 Å². The lowest BCUT2D eigenvalue weighted by atomic mass is 9.97. The van der Waals surface area contributed by atoms with Gasteiger partial charge in [-0.2, -0.15) is 0 Å². The quantitative estimate of drug-likeness (QED) is 0.840. The van der Waals surface area contributed by atoms with Crippen LogP contribution in [0.25, 0.3) is 0 Å². The molecule has 0 saturated carbocycles. The zero-order valence-corrected chi connectivity index (χ0v) is 12.8. The lowest BCUT2D eigenvalue weighted by Crippen LogP contribution is -2.64. The zero-order chi connectivity index (χ0) is 14.8. The second-order valence-electron chi connectivity index (χ2n) is 6.09. The van der Waals surface area contributed by atoms with Crippen LogP contribution in [0.1, 0.15) is 23.6 Å². The highest BCUT2D eigenvalue weighted by Gasteiger charge is 2.32. The van der Waals surface area contributed by atoms with Crippen LogP contribution in [0.4, 0.5) is 0 Å². The highest BCUT2D eigenvalue weighted by Crippen LogP contribution is 2.24. The van der Waals surface area contributed by atoms with Crippen LogP contribution < -0.4 is 10.6 Å². The van der Waals surface area contributed by atoms with Crippen molar-refractivity contribution in [1.82, 2.24) is 20.4 Å². The molecule has 2 unspecified atom stereocenters. The van der Waals surface area contributed by atoms with Gasteiger partial charge in [-0.1, -0.05) is 24.3 Å². The SMILES string of the molecule is Cc1ccccc1C1CC(=O)NC(N2CCN(C)CC2)N1. The molecule has 2 heterocycles. The molecule has 2 saturated heterocycles. The molecule has 0 aromatic heterocycles. The Morgan fingerprint density at radius 1 is 1.14 bits per heavy atom. The van der Waals surface area contributed by atoms with E-state index in [0.29, 0.717) is 6.42 Å². The summed E-state index contributed by atoms with van der Waals surface area (Å²) in [4.78, 5) is 16.7. The zero-order valence-electron chi connectivity index (χ0n) is 12.8. The van der Waals surface area contributed by atoms with Gasteiger partial charge in [0.1, 0.15) is 6.29 Å². The molecular formula is C16H24N4O. The molecule has 1 aromatic rings. The first-order valence-corrected chi connectivity index (χ1v) is 7.67. The van der Waals surface area contributed by atoms with Crippen LogP contribution in [0.15, 0.2) is 24.3 Å². The number of aryl methyl sites for hydroxylation is 1. The second-order valence-corrected chi connectivity index (χ2v) is 6.09. The predicted octanol–water partition coefficient (Wildman–Crippen LogP) is 0.677. The third-order valence-corrected chi connectivity index (χ3v) is 4.51. The van der Waals surface area contributed by atoms with E-state index in [-0.39, 0.29) is 18.2 Å². The number of carbonyl (C=O) groups is 1. The summed E-state index contributed by atoms with van der Waals surface area (Å²) in [6.07, 6.45) is 0.458. The van der Waals surface area contributed by atoms with E-state index in [0.717, 1.165) is 26.2 Å². The van der Waals surface area contributed by atoms with Gasteiger partial charge in [0.05, 0.1) is 0 Å². The molecule has 5 heteroatoms. The third-order valence-electron chi connectivity index (χ3n) is 4.51. The molecule has 3 rings (SSSR count). The molecule has 1 amide bonds. The molecule has 114 valence electrons. The van der Waals surface area contributed by atoms with Gasteiger partial charge in [0, 0.05) is 38.6 Å². The van der Waals surface area contributed by atoms with Crippen molar-refractivity contribution in [2.45, 2.75) is 25.7 Å². The van der Waals surface area contributed by atoms with Gasteiger partial charge in [0.15, 0.2) is 0 Å². The molecule has 2 aliphatic rings. The van der Waals surface area contributed by atoms with E-state index < -0.39 is 0 Å². The Labute approximate surface area is 126 Å². The molecule has 2 fully saturated rings. The molecule has 0 aliphatic carbocycles. The maximum atomic E-state index is 12.1. The Hall–Kier alpha value is -1.43. The first-order chi connectivity index (χ1) is 10.1. The van der Waals surface area contributed by atoms with Crippen molar-refractivity contribution in [3.05, 3.63) is 35.4 Å². The standard InChI is InChI=1S/C16H24N4O/c1-12-5-3-4-6-13(12)14-11-15(21)18-16(17-14)20-9-7-19(2)8-10-20/h3-6,14,16-17H,7-11H2,1-2H3,(H,18,21). The van der Waals surface area contributed by atoms with E-state index in [9.17, 15) is 4.79 Å². The molecule has 1 aromatic carbocycles. The van der Waals surface area contributed by atoms with Crippen LogP contribution in [0, 0.1) is 6.92 Å². The summed E-state index contributed by atoms with van der Waals surface area (Å²) < 4.78 is 0. The van der Waals surface area contributed by atoms with E-state index >= 15 is 0 Å². The van der Waals surface area contributed by atoms with Crippen molar-refractivity contribution in [2.24, 2.45) is 0 Å². The number of likely N-dealkylation sites (N-methyl/N-ethyl adjacent to an activating group) is 1. The molecule has 21 heavy (non-hydrogen) atoms. The Morgan fingerprint density at radius 2 is 1.86 bits per heavy atom. The number of amides is 1. The minimum atomic E-state index is -0.0513. The monoisotopic (exact) mass is 288 g/mol. The average Bonchev–Trinajstić information content (AvgIpc) is 2.48. The number of nitrogens with zero attached hydrogens (tertiary/aromatic N) is 2. The fourth-order valence-corrected chi connectivity index (χ4v) is 3.14. The lowest BCUT2D eigenvalue weighted by molar-refractivity contribution is -0.127. The lowest BCUT2D eigenvalue weighted by Gasteiger charge is -2.42. The number of hydrogen-bond acceptors (Lipinski definition) is 4. The van der Waals surface area contributed by atoms with Crippen LogP contribution in [0.2, 0.25) is 0 Å². The van der Waals surface area contributed by atoms with Crippen LogP contribution >= 0.6 is 0 Å². The summed E-state index contributed by atoms with van der Waals surface area (Å²) in [5.41, 5.74) is 2.47. The summed E-state index contributed by atoms with van der Waals surface area (Å²) in [6.45, 7) is 6.16. The minimum absolute atomic E-state index is 0.0513. The van der Waals surface area contributed by atoms with Crippen LogP contribution in [-0.2, 0) is 4.79 Å². The molecule has 2 N–H and O–H groups in total. The van der Waals surface area contributed by atoms with Gasteiger partial charge in [-0.25, -0.2) is 0 Å². The van der Waals surface area contributed by atoms with Crippen molar-refractivity contribution >= 4 is 5.91 Å². The van der Waals surface area contributed by atoms with Gasteiger partial charge < -0.3 is 10.2 Å². The summed E-state index contributed by atoms with van der Waals surface area (Å²) in [5.74, 6) is 0.130. The van der Waals surface area contributed by atoms with Crippen LogP contribution in [-0.4, -0.2) is 55.2 Å². The smallest absolute Gasteiger partial charge is 0.224 e. The molecule has 0 bridgehead atoms. The normalized spacial score (nSPS) is 28.4. The predicted molar refractivity (Wildman–Crippen MR) is 82.7 cm³/mol. The van der Waals surface area contributed by atoms with Crippen molar-refractivity contribution in [1.29, 1.82) is 0 Å². The average molecular weight is 288 g/mol.